The lowest BCUT2D eigenvalue weighted by molar-refractivity contribution is 0.103. The molecular formula is C20H17ClN2O3S. The van der Waals surface area contributed by atoms with Gasteiger partial charge in [0.25, 0.3) is 5.91 Å². The Labute approximate surface area is 165 Å². The van der Waals surface area contributed by atoms with Crippen LogP contribution in [0.1, 0.15) is 21.8 Å². The van der Waals surface area contributed by atoms with Crippen molar-refractivity contribution in [2.24, 2.45) is 0 Å². The molecule has 138 valence electrons. The maximum Gasteiger partial charge on any atom is 0.267 e. The third-order valence-corrected chi connectivity index (χ3v) is 5.56. The van der Waals surface area contributed by atoms with Crippen LogP contribution in [-0.2, 0) is 0 Å². The molecule has 3 aromatic rings. The summed E-state index contributed by atoms with van der Waals surface area (Å²) in [6.45, 7) is 3.06. The molecule has 1 aromatic heterocycles. The first kappa shape index (κ1) is 17.8. The number of carbonyl (C=O) groups is 1. The highest BCUT2D eigenvalue weighted by Crippen LogP contribution is 2.33. The molecular weight excluding hydrogens is 384 g/mol. The van der Waals surface area contributed by atoms with Gasteiger partial charge in [0.15, 0.2) is 11.5 Å². The van der Waals surface area contributed by atoms with E-state index in [0.717, 1.165) is 17.0 Å². The molecule has 0 saturated heterocycles. The van der Waals surface area contributed by atoms with Crippen molar-refractivity contribution < 1.29 is 14.3 Å². The number of ether oxygens (including phenoxy) is 2. The van der Waals surface area contributed by atoms with Crippen LogP contribution in [0.3, 0.4) is 0 Å². The largest absolute Gasteiger partial charge is 0.490 e. The Morgan fingerprint density at radius 2 is 1.85 bits per heavy atom. The molecule has 4 rings (SSSR count). The van der Waals surface area contributed by atoms with Crippen molar-refractivity contribution in [2.45, 2.75) is 13.3 Å². The van der Waals surface area contributed by atoms with Crippen molar-refractivity contribution in [3.05, 3.63) is 58.1 Å². The van der Waals surface area contributed by atoms with Gasteiger partial charge in [0.05, 0.1) is 18.9 Å². The molecule has 0 fully saturated rings. The highest BCUT2D eigenvalue weighted by Gasteiger charge is 2.18. The van der Waals surface area contributed by atoms with Crippen LogP contribution in [-0.4, -0.2) is 24.1 Å². The minimum atomic E-state index is -0.195. The van der Waals surface area contributed by atoms with E-state index in [0.29, 0.717) is 46.0 Å². The number of aromatic nitrogens is 1. The number of nitrogens with zero attached hydrogens (tertiary/aromatic N) is 1. The number of anilines is 1. The van der Waals surface area contributed by atoms with Gasteiger partial charge >= 0.3 is 0 Å². The third kappa shape index (κ3) is 3.91. The van der Waals surface area contributed by atoms with Crippen LogP contribution in [0.25, 0.3) is 10.6 Å². The van der Waals surface area contributed by atoms with Gasteiger partial charge in [-0.2, -0.15) is 0 Å². The molecule has 2 aromatic carbocycles. The van der Waals surface area contributed by atoms with E-state index < -0.39 is 0 Å². The lowest BCUT2D eigenvalue weighted by Crippen LogP contribution is -2.11. The van der Waals surface area contributed by atoms with Crippen LogP contribution in [0, 0.1) is 6.92 Å². The fourth-order valence-electron chi connectivity index (χ4n) is 2.75. The maximum atomic E-state index is 12.7. The lowest BCUT2D eigenvalue weighted by atomic mass is 10.2. The Morgan fingerprint density at radius 3 is 2.63 bits per heavy atom. The van der Waals surface area contributed by atoms with Gasteiger partial charge in [-0.05, 0) is 31.2 Å². The fourth-order valence-corrected chi connectivity index (χ4v) is 3.84. The third-order valence-electron chi connectivity index (χ3n) is 4.10. The maximum absolute atomic E-state index is 12.7. The fraction of sp³-hybridized carbons (Fsp3) is 0.200. The number of thiazole rings is 1. The smallest absolute Gasteiger partial charge is 0.267 e. The van der Waals surface area contributed by atoms with Crippen LogP contribution in [0.4, 0.5) is 5.69 Å². The minimum Gasteiger partial charge on any atom is -0.490 e. The number of hydrogen-bond acceptors (Lipinski definition) is 5. The second-order valence-electron chi connectivity index (χ2n) is 6.11. The summed E-state index contributed by atoms with van der Waals surface area (Å²) in [6.07, 6.45) is 0.837. The van der Waals surface area contributed by atoms with Gasteiger partial charge < -0.3 is 14.8 Å². The molecule has 0 spiro atoms. The summed E-state index contributed by atoms with van der Waals surface area (Å²) in [6, 6.07) is 12.8. The average Bonchev–Trinajstić information content (AvgIpc) is 2.90. The molecule has 27 heavy (non-hydrogen) atoms. The lowest BCUT2D eigenvalue weighted by Gasteiger charge is -2.10. The summed E-state index contributed by atoms with van der Waals surface area (Å²) in [7, 11) is 0. The summed E-state index contributed by atoms with van der Waals surface area (Å²) >= 11 is 7.29. The zero-order chi connectivity index (χ0) is 18.8. The van der Waals surface area contributed by atoms with Gasteiger partial charge in [0, 0.05) is 28.8 Å². The van der Waals surface area contributed by atoms with Crippen molar-refractivity contribution in [1.82, 2.24) is 4.98 Å². The summed E-state index contributed by atoms with van der Waals surface area (Å²) in [4.78, 5) is 17.8. The molecule has 0 bridgehead atoms. The topological polar surface area (TPSA) is 60.5 Å². The number of halogens is 1. The van der Waals surface area contributed by atoms with Crippen LogP contribution < -0.4 is 14.8 Å². The summed E-state index contributed by atoms with van der Waals surface area (Å²) in [5.41, 5.74) is 2.28. The standard InChI is InChI=1S/C20H17ClN2O3S/c1-12-18(27-20(22-12)13-3-5-14(21)6-4-13)19(24)23-15-7-8-16-17(11-15)26-10-2-9-25-16/h3-8,11H,2,9-10H2,1H3,(H,23,24). The van der Waals surface area contributed by atoms with Crippen molar-refractivity contribution in [3.8, 4) is 22.1 Å². The molecule has 1 aliphatic rings. The highest BCUT2D eigenvalue weighted by atomic mass is 35.5. The normalized spacial score (nSPS) is 13.1. The number of nitrogens with one attached hydrogen (secondary N) is 1. The van der Waals surface area contributed by atoms with Crippen molar-refractivity contribution in [2.75, 3.05) is 18.5 Å². The Kier molecular flexibility index (Phi) is 5.01. The number of hydrogen-bond donors (Lipinski definition) is 1. The van der Waals surface area contributed by atoms with Crippen LogP contribution in [0.5, 0.6) is 11.5 Å². The van der Waals surface area contributed by atoms with E-state index >= 15 is 0 Å². The average molecular weight is 401 g/mol. The zero-order valence-corrected chi connectivity index (χ0v) is 16.2. The van der Waals surface area contributed by atoms with E-state index in [1.165, 1.54) is 11.3 Å². The first-order chi connectivity index (χ1) is 13.1. The predicted octanol–water partition coefficient (Wildman–Crippen LogP) is 5.19. The highest BCUT2D eigenvalue weighted by molar-refractivity contribution is 7.17. The van der Waals surface area contributed by atoms with E-state index in [-0.39, 0.29) is 5.91 Å². The molecule has 1 aliphatic heterocycles. The summed E-state index contributed by atoms with van der Waals surface area (Å²) < 4.78 is 11.3. The molecule has 1 N–H and O–H groups in total. The van der Waals surface area contributed by atoms with Gasteiger partial charge in [-0.25, -0.2) is 4.98 Å². The van der Waals surface area contributed by atoms with Crippen molar-refractivity contribution in [1.29, 1.82) is 0 Å². The van der Waals surface area contributed by atoms with Crippen molar-refractivity contribution >= 4 is 34.5 Å². The zero-order valence-electron chi connectivity index (χ0n) is 14.6. The van der Waals surface area contributed by atoms with E-state index in [2.05, 4.69) is 10.3 Å². The van der Waals surface area contributed by atoms with Gasteiger partial charge in [-0.1, -0.05) is 23.7 Å². The Balaban J connectivity index is 1.55. The Bertz CT molecular complexity index is 985. The number of fused-ring (bicyclic) bond motifs is 1. The molecule has 0 unspecified atom stereocenters. The summed E-state index contributed by atoms with van der Waals surface area (Å²) in [5, 5.41) is 4.37. The Morgan fingerprint density at radius 1 is 1.11 bits per heavy atom. The number of aryl methyl sites for hydroxylation is 1. The van der Waals surface area contributed by atoms with Crippen LogP contribution in [0.2, 0.25) is 5.02 Å². The van der Waals surface area contributed by atoms with E-state index in [1.807, 2.05) is 43.3 Å². The second-order valence-corrected chi connectivity index (χ2v) is 7.54. The minimum absolute atomic E-state index is 0.195. The van der Waals surface area contributed by atoms with E-state index in [1.54, 1.807) is 6.07 Å². The molecule has 0 radical (unpaired) electrons. The van der Waals surface area contributed by atoms with Gasteiger partial charge in [0.2, 0.25) is 0 Å². The number of benzene rings is 2. The van der Waals surface area contributed by atoms with Gasteiger partial charge in [0.1, 0.15) is 9.88 Å². The first-order valence-corrected chi connectivity index (χ1v) is 9.74. The SMILES string of the molecule is Cc1nc(-c2ccc(Cl)cc2)sc1C(=O)Nc1ccc2c(c1)OCCCO2. The van der Waals surface area contributed by atoms with Gasteiger partial charge in [-0.3, -0.25) is 4.79 Å². The van der Waals surface area contributed by atoms with Crippen molar-refractivity contribution in [3.63, 3.8) is 0 Å². The number of rotatable bonds is 3. The molecule has 0 aliphatic carbocycles. The Hall–Kier alpha value is -2.57. The van der Waals surface area contributed by atoms with Gasteiger partial charge in [-0.15, -0.1) is 11.3 Å². The predicted molar refractivity (Wildman–Crippen MR) is 107 cm³/mol. The number of carbonyl (C=O) groups excluding carboxylic acids is 1. The molecule has 2 heterocycles. The van der Waals surface area contributed by atoms with E-state index in [4.69, 9.17) is 21.1 Å². The monoisotopic (exact) mass is 400 g/mol. The van der Waals surface area contributed by atoms with Crippen LogP contribution >= 0.6 is 22.9 Å². The molecule has 5 nitrogen and oxygen atoms in total. The molecule has 7 heteroatoms. The van der Waals surface area contributed by atoms with E-state index in [9.17, 15) is 4.79 Å². The quantitative estimate of drug-likeness (QED) is 0.657. The molecule has 0 saturated carbocycles. The van der Waals surface area contributed by atoms with Crippen LogP contribution in [0.15, 0.2) is 42.5 Å². The second kappa shape index (κ2) is 7.58. The number of amides is 1. The summed E-state index contributed by atoms with van der Waals surface area (Å²) in [5.74, 6) is 1.15. The molecule has 0 atom stereocenters. The first-order valence-electron chi connectivity index (χ1n) is 8.54. The molecule has 1 amide bonds.